The Labute approximate surface area is 94.7 Å². The van der Waals surface area contributed by atoms with Gasteiger partial charge in [-0.05, 0) is 6.07 Å². The number of pyridine rings is 1. The molecule has 1 saturated heterocycles. The van der Waals surface area contributed by atoms with Gasteiger partial charge in [-0.3, -0.25) is 0 Å². The van der Waals surface area contributed by atoms with Gasteiger partial charge in [0.05, 0.1) is 0 Å². The van der Waals surface area contributed by atoms with Crippen LogP contribution in [0.25, 0.3) is 0 Å². The molecule has 0 spiro atoms. The van der Waals surface area contributed by atoms with Crippen molar-refractivity contribution in [1.82, 2.24) is 15.6 Å². The summed E-state index contributed by atoms with van der Waals surface area (Å²) in [6.45, 7) is 2.93. The van der Waals surface area contributed by atoms with E-state index in [9.17, 15) is 0 Å². The zero-order chi connectivity index (χ0) is 9.10. The Kier molecular flexibility index (Phi) is 4.62. The molecule has 1 aliphatic rings. The van der Waals surface area contributed by atoms with Crippen molar-refractivity contribution in [3.05, 3.63) is 29.0 Å². The molecule has 1 aliphatic heterocycles. The first-order valence-electron chi connectivity index (χ1n) is 4.42. The second-order valence-corrected chi connectivity index (χ2v) is 3.45. The molecule has 1 fully saturated rings. The lowest BCUT2D eigenvalue weighted by Gasteiger charge is -2.25. The summed E-state index contributed by atoms with van der Waals surface area (Å²) in [4.78, 5) is 4.05. The summed E-state index contributed by atoms with van der Waals surface area (Å²) in [7, 11) is 0. The van der Waals surface area contributed by atoms with E-state index in [0.29, 0.717) is 11.2 Å². The Bertz CT molecular complexity index is 287. The Morgan fingerprint density at radius 1 is 1.43 bits per heavy atom. The minimum absolute atomic E-state index is 0. The van der Waals surface area contributed by atoms with Crippen LogP contribution in [0.3, 0.4) is 0 Å². The van der Waals surface area contributed by atoms with Crippen molar-refractivity contribution in [1.29, 1.82) is 0 Å². The van der Waals surface area contributed by atoms with Crippen LogP contribution in [0.5, 0.6) is 0 Å². The topological polar surface area (TPSA) is 37.0 Å². The maximum absolute atomic E-state index is 5.98. The van der Waals surface area contributed by atoms with Crippen molar-refractivity contribution in [3.8, 4) is 0 Å². The molecule has 2 heterocycles. The summed E-state index contributed by atoms with van der Waals surface area (Å²) in [5, 5.41) is 7.30. The zero-order valence-corrected chi connectivity index (χ0v) is 9.24. The number of piperazine rings is 1. The van der Waals surface area contributed by atoms with Gasteiger partial charge in [0.25, 0.3) is 0 Å². The van der Waals surface area contributed by atoms with Crippen molar-refractivity contribution < 1.29 is 0 Å². The largest absolute Gasteiger partial charge is 0.314 e. The summed E-state index contributed by atoms with van der Waals surface area (Å²) >= 11 is 5.98. The van der Waals surface area contributed by atoms with Crippen molar-refractivity contribution in [2.45, 2.75) is 6.04 Å². The molecular weight excluding hydrogens is 221 g/mol. The number of nitrogens with zero attached hydrogens (tertiary/aromatic N) is 1. The Morgan fingerprint density at radius 2 is 2.29 bits per heavy atom. The molecule has 0 amide bonds. The van der Waals surface area contributed by atoms with E-state index in [1.54, 1.807) is 6.20 Å². The van der Waals surface area contributed by atoms with Gasteiger partial charge in [0.2, 0.25) is 0 Å². The van der Waals surface area contributed by atoms with Crippen LogP contribution in [0.1, 0.15) is 11.6 Å². The molecule has 78 valence electrons. The summed E-state index contributed by atoms with van der Waals surface area (Å²) in [5.74, 6) is 0. The summed E-state index contributed by atoms with van der Waals surface area (Å²) < 4.78 is 0. The molecule has 2 N–H and O–H groups in total. The van der Waals surface area contributed by atoms with Crippen LogP contribution in [0.4, 0.5) is 0 Å². The van der Waals surface area contributed by atoms with Crippen LogP contribution in [0, 0.1) is 0 Å². The highest BCUT2D eigenvalue weighted by atomic mass is 35.5. The van der Waals surface area contributed by atoms with E-state index in [0.717, 1.165) is 25.2 Å². The van der Waals surface area contributed by atoms with Crippen LogP contribution in [0.15, 0.2) is 18.3 Å². The number of rotatable bonds is 1. The number of hydrogen-bond donors (Lipinski definition) is 2. The Balaban J connectivity index is 0.000000980. The lowest BCUT2D eigenvalue weighted by Crippen LogP contribution is -2.42. The van der Waals surface area contributed by atoms with Crippen LogP contribution in [0.2, 0.25) is 5.15 Å². The highest BCUT2D eigenvalue weighted by Crippen LogP contribution is 2.20. The second kappa shape index (κ2) is 5.51. The smallest absolute Gasteiger partial charge is 0.133 e. The Hall–Kier alpha value is -0.350. The van der Waals surface area contributed by atoms with E-state index < -0.39 is 0 Å². The lowest BCUT2D eigenvalue weighted by atomic mass is 10.1. The predicted octanol–water partition coefficient (Wildman–Crippen LogP) is 1.39. The molecule has 3 nitrogen and oxygen atoms in total. The Morgan fingerprint density at radius 3 is 2.93 bits per heavy atom. The molecule has 14 heavy (non-hydrogen) atoms. The van der Waals surface area contributed by atoms with E-state index in [2.05, 4.69) is 15.6 Å². The number of hydrogen-bond acceptors (Lipinski definition) is 3. The molecule has 2 rings (SSSR count). The molecule has 0 aromatic carbocycles. The average molecular weight is 234 g/mol. The van der Waals surface area contributed by atoms with Gasteiger partial charge in [0.1, 0.15) is 5.15 Å². The fraction of sp³-hybridized carbons (Fsp3) is 0.444. The van der Waals surface area contributed by atoms with Crippen LogP contribution in [-0.2, 0) is 0 Å². The van der Waals surface area contributed by atoms with Crippen LogP contribution in [-0.4, -0.2) is 24.6 Å². The third-order valence-corrected chi connectivity index (χ3v) is 2.52. The van der Waals surface area contributed by atoms with Crippen molar-refractivity contribution in [3.63, 3.8) is 0 Å². The van der Waals surface area contributed by atoms with E-state index in [1.807, 2.05) is 12.1 Å². The van der Waals surface area contributed by atoms with Crippen molar-refractivity contribution >= 4 is 24.0 Å². The maximum Gasteiger partial charge on any atom is 0.133 e. The summed E-state index contributed by atoms with van der Waals surface area (Å²) in [5.41, 5.74) is 1.08. The van der Waals surface area contributed by atoms with E-state index in [1.165, 1.54) is 0 Å². The third kappa shape index (κ3) is 2.58. The van der Waals surface area contributed by atoms with Gasteiger partial charge in [-0.15, -0.1) is 12.4 Å². The molecule has 0 saturated carbocycles. The van der Waals surface area contributed by atoms with E-state index >= 15 is 0 Å². The van der Waals surface area contributed by atoms with Gasteiger partial charge in [-0.1, -0.05) is 17.7 Å². The minimum atomic E-state index is 0. The highest BCUT2D eigenvalue weighted by Gasteiger charge is 2.16. The van der Waals surface area contributed by atoms with Gasteiger partial charge in [-0.2, -0.15) is 0 Å². The highest BCUT2D eigenvalue weighted by molar-refractivity contribution is 6.30. The van der Waals surface area contributed by atoms with Crippen LogP contribution < -0.4 is 10.6 Å². The summed E-state index contributed by atoms with van der Waals surface area (Å²) in [6, 6.07) is 4.23. The molecule has 1 aromatic rings. The predicted molar refractivity (Wildman–Crippen MR) is 60.1 cm³/mol. The maximum atomic E-state index is 5.98. The van der Waals surface area contributed by atoms with Crippen LogP contribution >= 0.6 is 24.0 Å². The zero-order valence-electron chi connectivity index (χ0n) is 7.66. The van der Waals surface area contributed by atoms with Gasteiger partial charge >= 0.3 is 0 Å². The molecular formula is C9H13Cl2N3. The first kappa shape index (κ1) is 11.7. The average Bonchev–Trinajstić information content (AvgIpc) is 2.20. The van der Waals surface area contributed by atoms with Gasteiger partial charge < -0.3 is 10.6 Å². The monoisotopic (exact) mass is 233 g/mol. The fourth-order valence-corrected chi connectivity index (χ4v) is 1.78. The van der Waals surface area contributed by atoms with E-state index in [-0.39, 0.29) is 12.4 Å². The third-order valence-electron chi connectivity index (χ3n) is 2.20. The molecule has 0 aliphatic carbocycles. The van der Waals surface area contributed by atoms with Gasteiger partial charge in [0.15, 0.2) is 0 Å². The minimum Gasteiger partial charge on any atom is -0.314 e. The molecule has 0 bridgehead atoms. The normalized spacial score (nSPS) is 21.4. The van der Waals surface area contributed by atoms with Gasteiger partial charge in [-0.25, -0.2) is 4.98 Å². The number of nitrogens with one attached hydrogen (secondary N) is 2. The fourth-order valence-electron chi connectivity index (χ4n) is 1.53. The quantitative estimate of drug-likeness (QED) is 0.721. The van der Waals surface area contributed by atoms with Crippen molar-refractivity contribution in [2.75, 3.05) is 19.6 Å². The SMILES string of the molecule is Cl.Clc1ncccc1[C@@H]1CNCCN1. The molecule has 0 radical (unpaired) electrons. The number of aromatic nitrogens is 1. The first-order valence-corrected chi connectivity index (χ1v) is 4.80. The first-order chi connectivity index (χ1) is 6.38. The molecule has 1 aromatic heterocycles. The second-order valence-electron chi connectivity index (χ2n) is 3.09. The van der Waals surface area contributed by atoms with Gasteiger partial charge in [0, 0.05) is 37.4 Å². The number of halogens is 2. The summed E-state index contributed by atoms with van der Waals surface area (Å²) in [6.07, 6.45) is 1.71. The van der Waals surface area contributed by atoms with Crippen molar-refractivity contribution in [2.24, 2.45) is 0 Å². The van der Waals surface area contributed by atoms with E-state index in [4.69, 9.17) is 11.6 Å². The molecule has 5 heteroatoms. The standard InChI is InChI=1S/C9H12ClN3.ClH/c10-9-7(2-1-3-13-9)8-6-11-4-5-12-8;/h1-3,8,11-12H,4-6H2;1H/t8-;/m0./s1. The molecule has 0 unspecified atom stereocenters. The lowest BCUT2D eigenvalue weighted by molar-refractivity contribution is 0.429. The molecule has 1 atom stereocenters.